The maximum absolute atomic E-state index is 15.4. The van der Waals surface area contributed by atoms with E-state index >= 15 is 4.39 Å². The van der Waals surface area contributed by atoms with Crippen LogP contribution in [0, 0.1) is 18.8 Å². The molecule has 7 heteroatoms. The smallest absolute Gasteiger partial charge is 0.308 e. The van der Waals surface area contributed by atoms with Crippen LogP contribution in [-0.2, 0) is 4.79 Å². The molecule has 0 aliphatic carbocycles. The molecule has 186 valence electrons. The Kier molecular flexibility index (Phi) is 8.63. The maximum Gasteiger partial charge on any atom is 0.308 e. The van der Waals surface area contributed by atoms with Crippen LogP contribution in [0.3, 0.4) is 0 Å². The molecule has 1 fully saturated rings. The summed E-state index contributed by atoms with van der Waals surface area (Å²) in [4.78, 5) is 19.9. The molecule has 1 N–H and O–H groups in total. The number of fused-ring (bicyclic) bond motifs is 1. The summed E-state index contributed by atoms with van der Waals surface area (Å²) in [5.41, 5.74) is 2.56. The molecule has 1 aromatic heterocycles. The number of piperidine rings is 1. The third-order valence-electron chi connectivity index (χ3n) is 6.93. The van der Waals surface area contributed by atoms with Crippen molar-refractivity contribution in [1.82, 2.24) is 9.88 Å². The molecule has 0 unspecified atom stereocenters. The fraction of sp³-hybridized carbons (Fsp3) is 0.429. The van der Waals surface area contributed by atoms with E-state index in [-0.39, 0.29) is 5.92 Å². The number of carboxylic acid groups (broad SMARTS) is 1. The molecule has 5 nitrogen and oxygen atoms in total. The van der Waals surface area contributed by atoms with Crippen molar-refractivity contribution in [2.45, 2.75) is 37.3 Å². The summed E-state index contributed by atoms with van der Waals surface area (Å²) < 4.78 is 20.7. The van der Waals surface area contributed by atoms with Gasteiger partial charge in [0.1, 0.15) is 11.9 Å². The Morgan fingerprint density at radius 1 is 1.29 bits per heavy atom. The van der Waals surface area contributed by atoms with Crippen LogP contribution in [0.5, 0.6) is 5.75 Å². The van der Waals surface area contributed by atoms with Crippen molar-refractivity contribution >= 4 is 28.6 Å². The highest BCUT2D eigenvalue weighted by atomic mass is 32.2. The number of alkyl halides is 1. The molecule has 35 heavy (non-hydrogen) atoms. The predicted octanol–water partition coefficient (Wildman–Crippen LogP) is 6.16. The molecule has 0 spiro atoms. The normalized spacial score (nSPS) is 19.5. The van der Waals surface area contributed by atoms with E-state index in [4.69, 9.17) is 4.74 Å². The monoisotopic (exact) mass is 496 g/mol. The number of aliphatic carboxylic acids is 1. The maximum atomic E-state index is 15.4. The summed E-state index contributed by atoms with van der Waals surface area (Å²) in [5, 5.41) is 10.6. The molecule has 3 aromatic rings. The molecule has 0 amide bonds. The number of pyridine rings is 1. The van der Waals surface area contributed by atoms with Crippen LogP contribution in [0.1, 0.15) is 36.6 Å². The van der Waals surface area contributed by atoms with Crippen molar-refractivity contribution in [3.63, 3.8) is 0 Å². The number of thioether (sulfide) groups is 1. The first-order valence-electron chi connectivity index (χ1n) is 12.2. The number of likely N-dealkylation sites (tertiary alicyclic amines) is 1. The van der Waals surface area contributed by atoms with Crippen molar-refractivity contribution in [2.24, 2.45) is 11.8 Å². The van der Waals surface area contributed by atoms with Gasteiger partial charge in [0.05, 0.1) is 18.5 Å². The highest BCUT2D eigenvalue weighted by molar-refractivity contribution is 7.99. The predicted molar refractivity (Wildman–Crippen MR) is 139 cm³/mol. The first-order valence-corrected chi connectivity index (χ1v) is 13.1. The van der Waals surface area contributed by atoms with E-state index in [1.807, 2.05) is 18.2 Å². The SMILES string of the molecule is COc1ccc2nccc([C@@H](F)CC[C@@H]3CCN(CCSc4cccc(C)c4)C[C@@H]3C(=O)O)c2c1. The number of halogens is 1. The number of rotatable bonds is 10. The van der Waals surface area contributed by atoms with E-state index in [1.165, 1.54) is 10.5 Å². The van der Waals surface area contributed by atoms with Gasteiger partial charge in [0.25, 0.3) is 0 Å². The topological polar surface area (TPSA) is 62.7 Å². The molecular weight excluding hydrogens is 463 g/mol. The second-order valence-corrected chi connectivity index (χ2v) is 10.5. The van der Waals surface area contributed by atoms with Crippen molar-refractivity contribution in [3.05, 3.63) is 65.9 Å². The number of aryl methyl sites for hydroxylation is 1. The lowest BCUT2D eigenvalue weighted by Gasteiger charge is -2.36. The van der Waals surface area contributed by atoms with Crippen LogP contribution in [0.25, 0.3) is 10.9 Å². The molecule has 2 aromatic carbocycles. The Bertz CT molecular complexity index is 1160. The minimum atomic E-state index is -1.18. The minimum Gasteiger partial charge on any atom is -0.497 e. The zero-order valence-electron chi connectivity index (χ0n) is 20.3. The van der Waals surface area contributed by atoms with Gasteiger partial charge in [-0.05, 0) is 80.6 Å². The molecule has 1 aliphatic heterocycles. The lowest BCUT2D eigenvalue weighted by Crippen LogP contribution is -2.44. The molecule has 1 aliphatic rings. The second-order valence-electron chi connectivity index (χ2n) is 9.29. The summed E-state index contributed by atoms with van der Waals surface area (Å²) in [6.45, 7) is 4.32. The lowest BCUT2D eigenvalue weighted by atomic mass is 9.81. The number of methoxy groups -OCH3 is 1. The molecule has 2 heterocycles. The highest BCUT2D eigenvalue weighted by Crippen LogP contribution is 2.35. The fourth-order valence-electron chi connectivity index (χ4n) is 4.96. The van der Waals surface area contributed by atoms with Gasteiger partial charge in [-0.2, -0.15) is 0 Å². The third kappa shape index (κ3) is 6.53. The third-order valence-corrected chi connectivity index (χ3v) is 7.91. The Morgan fingerprint density at radius 2 is 2.14 bits per heavy atom. The number of carboxylic acids is 1. The van der Waals surface area contributed by atoms with Crippen molar-refractivity contribution in [1.29, 1.82) is 0 Å². The average molecular weight is 497 g/mol. The Morgan fingerprint density at radius 3 is 2.91 bits per heavy atom. The van der Waals surface area contributed by atoms with Gasteiger partial charge >= 0.3 is 5.97 Å². The van der Waals surface area contributed by atoms with Crippen molar-refractivity contribution < 1.29 is 19.0 Å². The first kappa shape index (κ1) is 25.5. The molecule has 1 saturated heterocycles. The molecular formula is C28H33FN2O3S. The highest BCUT2D eigenvalue weighted by Gasteiger charge is 2.34. The summed E-state index contributed by atoms with van der Waals surface area (Å²) in [6.07, 6.45) is 2.09. The number of hydrogen-bond acceptors (Lipinski definition) is 5. The quantitative estimate of drug-likeness (QED) is 0.339. The van der Waals surface area contributed by atoms with E-state index in [2.05, 4.69) is 41.1 Å². The van der Waals surface area contributed by atoms with Gasteiger partial charge in [-0.25, -0.2) is 4.39 Å². The first-order chi connectivity index (χ1) is 16.9. The van der Waals surface area contributed by atoms with Gasteiger partial charge in [0.2, 0.25) is 0 Å². The summed E-state index contributed by atoms with van der Waals surface area (Å²) >= 11 is 1.80. The largest absolute Gasteiger partial charge is 0.497 e. The summed E-state index contributed by atoms with van der Waals surface area (Å²) in [5.74, 6) is 0.327. The Labute approximate surface area is 210 Å². The van der Waals surface area contributed by atoms with Crippen molar-refractivity contribution in [3.8, 4) is 5.75 Å². The zero-order chi connectivity index (χ0) is 24.8. The minimum absolute atomic E-state index is 0.0194. The molecule has 0 saturated carbocycles. The number of carbonyl (C=O) groups is 1. The number of aromatic nitrogens is 1. The second kappa shape index (κ2) is 11.9. The van der Waals surface area contributed by atoms with Gasteiger partial charge in [-0.15, -0.1) is 11.8 Å². The number of ether oxygens (including phenoxy) is 1. The van der Waals surface area contributed by atoms with E-state index in [0.717, 1.165) is 36.2 Å². The van der Waals surface area contributed by atoms with Crippen LogP contribution < -0.4 is 4.74 Å². The van der Waals surface area contributed by atoms with Crippen molar-refractivity contribution in [2.75, 3.05) is 32.5 Å². The number of benzene rings is 2. The van der Waals surface area contributed by atoms with E-state index in [0.29, 0.717) is 30.7 Å². The molecule has 0 bridgehead atoms. The standard InChI is InChI=1S/C28H33FN2O3S/c1-19-4-3-5-22(16-19)35-15-14-31-13-11-20(25(18-31)28(32)33)6-8-26(29)23-10-12-30-27-9-7-21(34-2)17-24(23)27/h3-5,7,9-10,12,16-17,20,25-26H,6,8,11,13-15,18H2,1-2H3,(H,32,33)/t20-,25+,26+/m1/s1. The van der Waals surface area contributed by atoms with Crippen LogP contribution in [0.2, 0.25) is 0 Å². The molecule has 0 radical (unpaired) electrons. The Balaban J connectivity index is 1.33. The van der Waals surface area contributed by atoms with Gasteiger partial charge < -0.3 is 14.7 Å². The number of hydrogen-bond donors (Lipinski definition) is 1. The van der Waals surface area contributed by atoms with Gasteiger partial charge in [-0.1, -0.05) is 17.7 Å². The van der Waals surface area contributed by atoms with Gasteiger partial charge in [-0.3, -0.25) is 9.78 Å². The summed E-state index contributed by atoms with van der Waals surface area (Å²) in [6, 6.07) is 15.6. The van der Waals surface area contributed by atoms with Crippen LogP contribution >= 0.6 is 11.8 Å². The fourth-order valence-corrected chi connectivity index (χ4v) is 5.99. The van der Waals surface area contributed by atoms with Gasteiger partial charge in [0.15, 0.2) is 0 Å². The lowest BCUT2D eigenvalue weighted by molar-refractivity contribution is -0.146. The molecule has 3 atom stereocenters. The van der Waals surface area contributed by atoms with E-state index in [9.17, 15) is 9.90 Å². The van der Waals surface area contributed by atoms with Gasteiger partial charge in [0, 0.05) is 35.3 Å². The van der Waals surface area contributed by atoms with Crippen LogP contribution in [0.4, 0.5) is 4.39 Å². The number of nitrogens with zero attached hydrogens (tertiary/aromatic N) is 2. The van der Waals surface area contributed by atoms with Crippen LogP contribution in [-0.4, -0.2) is 53.5 Å². The summed E-state index contributed by atoms with van der Waals surface area (Å²) in [7, 11) is 1.59. The van der Waals surface area contributed by atoms with E-state index in [1.54, 1.807) is 31.1 Å². The molecule has 4 rings (SSSR count). The zero-order valence-corrected chi connectivity index (χ0v) is 21.1. The average Bonchev–Trinajstić information content (AvgIpc) is 2.87. The Hall–Kier alpha value is -2.64. The van der Waals surface area contributed by atoms with E-state index < -0.39 is 18.1 Å². The van der Waals surface area contributed by atoms with Crippen LogP contribution in [0.15, 0.2) is 59.6 Å².